The number of imidazole rings is 1. The number of para-hydroxylation sites is 1. The first-order valence-electron chi connectivity index (χ1n) is 6.40. The smallest absolute Gasteiger partial charge is 0.329 e. The molecule has 3 aromatic rings. The molecule has 2 aromatic heterocycles. The quantitative estimate of drug-likeness (QED) is 0.717. The topological polar surface area (TPSA) is 51.3 Å². The number of carbonyl (C=O) groups is 1. The molecule has 0 aliphatic heterocycles. The Kier molecular flexibility index (Phi) is 3.02. The van der Waals surface area contributed by atoms with Crippen LogP contribution in [0.2, 0.25) is 0 Å². The summed E-state index contributed by atoms with van der Waals surface area (Å²) in [5.74, 6) is 0.766. The van der Waals surface area contributed by atoms with Crippen molar-refractivity contribution in [2.24, 2.45) is 0 Å². The van der Waals surface area contributed by atoms with Crippen molar-refractivity contribution < 1.29 is 9.21 Å². The zero-order valence-corrected chi connectivity index (χ0v) is 11.4. The van der Waals surface area contributed by atoms with E-state index in [-0.39, 0.29) is 12.1 Å². The molecule has 5 nitrogen and oxygen atoms in total. The lowest BCUT2D eigenvalue weighted by Crippen LogP contribution is -2.32. The van der Waals surface area contributed by atoms with Crippen LogP contribution in [-0.4, -0.2) is 27.5 Å². The zero-order chi connectivity index (χ0) is 14.1. The van der Waals surface area contributed by atoms with Crippen LogP contribution in [0.3, 0.4) is 0 Å². The standard InChI is InChI=1S/C15H15N3O2/c1-11(17(2)15(19)18-8-7-16-10-18)14-9-12-5-3-4-6-13(12)20-14/h3-11H,1-2H3. The number of hydrogen-bond donors (Lipinski definition) is 0. The highest BCUT2D eigenvalue weighted by atomic mass is 16.3. The fourth-order valence-corrected chi connectivity index (χ4v) is 2.12. The number of amides is 1. The number of hydrogen-bond acceptors (Lipinski definition) is 3. The number of carbonyl (C=O) groups excluding carboxylic acids is 1. The highest BCUT2D eigenvalue weighted by molar-refractivity contribution is 5.79. The molecular weight excluding hydrogens is 254 g/mol. The Morgan fingerprint density at radius 1 is 1.40 bits per heavy atom. The minimum atomic E-state index is -0.155. The van der Waals surface area contributed by atoms with Crippen molar-refractivity contribution in [1.29, 1.82) is 0 Å². The number of benzene rings is 1. The number of fused-ring (bicyclic) bond motifs is 1. The molecule has 20 heavy (non-hydrogen) atoms. The summed E-state index contributed by atoms with van der Waals surface area (Å²) in [5, 5.41) is 1.04. The molecule has 0 saturated heterocycles. The van der Waals surface area contributed by atoms with Gasteiger partial charge in [0.1, 0.15) is 17.7 Å². The van der Waals surface area contributed by atoms with Gasteiger partial charge >= 0.3 is 6.03 Å². The highest BCUT2D eigenvalue weighted by Gasteiger charge is 2.21. The van der Waals surface area contributed by atoms with Crippen LogP contribution in [0.15, 0.2) is 53.5 Å². The molecular formula is C15H15N3O2. The van der Waals surface area contributed by atoms with Crippen molar-refractivity contribution in [2.75, 3.05) is 7.05 Å². The van der Waals surface area contributed by atoms with Crippen LogP contribution in [0.4, 0.5) is 4.79 Å². The first-order chi connectivity index (χ1) is 9.66. The fourth-order valence-electron chi connectivity index (χ4n) is 2.12. The van der Waals surface area contributed by atoms with Crippen molar-refractivity contribution >= 4 is 17.0 Å². The van der Waals surface area contributed by atoms with E-state index >= 15 is 0 Å². The monoisotopic (exact) mass is 269 g/mol. The van der Waals surface area contributed by atoms with Crippen LogP contribution in [0.5, 0.6) is 0 Å². The minimum absolute atomic E-state index is 0.143. The Morgan fingerprint density at radius 2 is 2.20 bits per heavy atom. The van der Waals surface area contributed by atoms with Gasteiger partial charge in [-0.1, -0.05) is 18.2 Å². The summed E-state index contributed by atoms with van der Waals surface area (Å²) in [6.07, 6.45) is 4.70. The van der Waals surface area contributed by atoms with Crippen LogP contribution in [0.25, 0.3) is 11.0 Å². The average molecular weight is 269 g/mol. The summed E-state index contributed by atoms with van der Waals surface area (Å²) >= 11 is 0. The maximum atomic E-state index is 12.2. The molecule has 1 atom stereocenters. The second kappa shape index (κ2) is 4.85. The van der Waals surface area contributed by atoms with Crippen molar-refractivity contribution in [3.8, 4) is 0 Å². The average Bonchev–Trinajstić information content (AvgIpc) is 3.13. The van der Waals surface area contributed by atoms with Crippen LogP contribution < -0.4 is 0 Å². The molecule has 0 saturated carbocycles. The summed E-state index contributed by atoms with van der Waals surface area (Å²) in [7, 11) is 1.75. The molecule has 0 N–H and O–H groups in total. The zero-order valence-electron chi connectivity index (χ0n) is 11.4. The third kappa shape index (κ3) is 2.07. The molecule has 0 aliphatic carbocycles. The summed E-state index contributed by atoms with van der Waals surface area (Å²) in [5.41, 5.74) is 0.831. The number of aromatic nitrogens is 2. The Balaban J connectivity index is 1.87. The van der Waals surface area contributed by atoms with Crippen LogP contribution in [-0.2, 0) is 0 Å². The van der Waals surface area contributed by atoms with Gasteiger partial charge in [0.2, 0.25) is 0 Å². The van der Waals surface area contributed by atoms with Gasteiger partial charge in [0.25, 0.3) is 0 Å². The number of rotatable bonds is 2. The van der Waals surface area contributed by atoms with E-state index < -0.39 is 0 Å². The third-order valence-corrected chi connectivity index (χ3v) is 3.46. The number of furan rings is 1. The third-order valence-electron chi connectivity index (χ3n) is 3.46. The van der Waals surface area contributed by atoms with Crippen molar-refractivity contribution in [1.82, 2.24) is 14.5 Å². The Labute approximate surface area is 116 Å². The van der Waals surface area contributed by atoms with Crippen molar-refractivity contribution in [3.05, 3.63) is 54.8 Å². The Morgan fingerprint density at radius 3 is 2.90 bits per heavy atom. The van der Waals surface area contributed by atoms with Crippen LogP contribution in [0, 0.1) is 0 Å². The minimum Gasteiger partial charge on any atom is -0.459 e. The van der Waals surface area contributed by atoms with E-state index in [0.717, 1.165) is 16.7 Å². The van der Waals surface area contributed by atoms with E-state index in [9.17, 15) is 4.79 Å². The van der Waals surface area contributed by atoms with Gasteiger partial charge < -0.3 is 9.32 Å². The lowest BCUT2D eigenvalue weighted by molar-refractivity contribution is 0.189. The molecule has 0 fully saturated rings. The Hall–Kier alpha value is -2.56. The van der Waals surface area contributed by atoms with Crippen molar-refractivity contribution in [3.63, 3.8) is 0 Å². The predicted octanol–water partition coefficient (Wildman–Crippen LogP) is 3.29. The molecule has 102 valence electrons. The molecule has 3 rings (SSSR count). The number of nitrogens with zero attached hydrogens (tertiary/aromatic N) is 3. The summed E-state index contributed by atoms with van der Waals surface area (Å²) in [6, 6.07) is 9.48. The van der Waals surface area contributed by atoms with Gasteiger partial charge in [-0.25, -0.2) is 9.78 Å². The fraction of sp³-hybridized carbons (Fsp3) is 0.200. The first kappa shape index (κ1) is 12.5. The van der Waals surface area contributed by atoms with E-state index in [1.165, 1.54) is 10.9 Å². The first-order valence-corrected chi connectivity index (χ1v) is 6.40. The molecule has 2 heterocycles. The lowest BCUT2D eigenvalue weighted by atomic mass is 10.2. The summed E-state index contributed by atoms with van der Waals surface area (Å²) < 4.78 is 7.24. The van der Waals surface area contributed by atoms with Gasteiger partial charge in [0.05, 0.1) is 6.04 Å². The largest absolute Gasteiger partial charge is 0.459 e. The SMILES string of the molecule is CC(c1cc2ccccc2o1)N(C)C(=O)n1ccnc1. The maximum Gasteiger partial charge on any atom is 0.329 e. The van der Waals surface area contributed by atoms with E-state index in [2.05, 4.69) is 4.98 Å². The summed E-state index contributed by atoms with van der Waals surface area (Å²) in [6.45, 7) is 1.94. The second-order valence-electron chi connectivity index (χ2n) is 4.73. The maximum absolute atomic E-state index is 12.2. The lowest BCUT2D eigenvalue weighted by Gasteiger charge is -2.23. The van der Waals surface area contributed by atoms with Gasteiger partial charge in [-0.15, -0.1) is 0 Å². The molecule has 0 spiro atoms. The highest BCUT2D eigenvalue weighted by Crippen LogP contribution is 2.26. The van der Waals surface area contributed by atoms with Gasteiger partial charge in [0, 0.05) is 24.8 Å². The Bertz CT molecular complexity index is 698. The van der Waals surface area contributed by atoms with Crippen molar-refractivity contribution in [2.45, 2.75) is 13.0 Å². The molecule has 1 aromatic carbocycles. The molecule has 1 unspecified atom stereocenters. The van der Waals surface area contributed by atoms with Gasteiger partial charge in [-0.2, -0.15) is 0 Å². The predicted molar refractivity (Wildman–Crippen MR) is 75.4 cm³/mol. The molecule has 1 amide bonds. The normalized spacial score (nSPS) is 12.5. The molecule has 0 radical (unpaired) electrons. The van der Waals surface area contributed by atoms with E-state index in [1.807, 2.05) is 37.3 Å². The van der Waals surface area contributed by atoms with Gasteiger partial charge in [-0.05, 0) is 19.1 Å². The van der Waals surface area contributed by atoms with Crippen LogP contribution in [0.1, 0.15) is 18.7 Å². The molecule has 0 aliphatic rings. The van der Waals surface area contributed by atoms with E-state index in [1.54, 1.807) is 24.3 Å². The second-order valence-corrected chi connectivity index (χ2v) is 4.73. The molecule has 0 bridgehead atoms. The van der Waals surface area contributed by atoms with Gasteiger partial charge in [-0.3, -0.25) is 4.57 Å². The van der Waals surface area contributed by atoms with E-state index in [4.69, 9.17) is 4.42 Å². The van der Waals surface area contributed by atoms with E-state index in [0.29, 0.717) is 0 Å². The van der Waals surface area contributed by atoms with Gasteiger partial charge in [0.15, 0.2) is 0 Å². The summed E-state index contributed by atoms with van der Waals surface area (Å²) in [4.78, 5) is 17.8. The van der Waals surface area contributed by atoms with Crippen LogP contribution >= 0.6 is 0 Å². The molecule has 5 heteroatoms.